The largest absolute Gasteiger partial charge is 0.241 e. The average molecular weight is 184 g/mol. The van der Waals surface area contributed by atoms with Crippen molar-refractivity contribution in [3.63, 3.8) is 0 Å². The smallest absolute Gasteiger partial charge is 0.129 e. The zero-order valence-corrected chi connectivity index (χ0v) is 8.52. The summed E-state index contributed by atoms with van der Waals surface area (Å²) in [5.41, 5.74) is 2.43. The van der Waals surface area contributed by atoms with Gasteiger partial charge in [0.15, 0.2) is 0 Å². The van der Waals surface area contributed by atoms with Crippen LogP contribution in [0.5, 0.6) is 0 Å². The van der Waals surface area contributed by atoms with Crippen LogP contribution in [-0.4, -0.2) is 4.98 Å². The maximum Gasteiger partial charge on any atom is 0.129 e. The molecular weight excluding hydrogens is 170 g/mol. The van der Waals surface area contributed by atoms with E-state index in [2.05, 4.69) is 31.8 Å². The molecule has 0 N–H and O–H groups in total. The van der Waals surface area contributed by atoms with Crippen molar-refractivity contribution >= 4 is 11.6 Å². The van der Waals surface area contributed by atoms with Crippen molar-refractivity contribution in [2.45, 2.75) is 33.1 Å². The van der Waals surface area contributed by atoms with Gasteiger partial charge in [0, 0.05) is 5.69 Å². The predicted octanol–water partition coefficient (Wildman–Crippen LogP) is 3.42. The Morgan fingerprint density at radius 2 is 2.08 bits per heavy atom. The average Bonchev–Trinajstić information content (AvgIpc) is 2.03. The van der Waals surface area contributed by atoms with E-state index < -0.39 is 0 Å². The molecule has 0 saturated carbocycles. The van der Waals surface area contributed by atoms with Crippen molar-refractivity contribution in [3.05, 3.63) is 28.5 Å². The molecule has 0 saturated heterocycles. The van der Waals surface area contributed by atoms with Gasteiger partial charge in [-0.25, -0.2) is 4.98 Å². The topological polar surface area (TPSA) is 12.9 Å². The van der Waals surface area contributed by atoms with Gasteiger partial charge in [-0.2, -0.15) is 0 Å². The van der Waals surface area contributed by atoms with Gasteiger partial charge in [0.25, 0.3) is 0 Å². The summed E-state index contributed by atoms with van der Waals surface area (Å²) >= 11 is 5.79. The lowest BCUT2D eigenvalue weighted by Crippen LogP contribution is -1.98. The molecule has 0 fully saturated rings. The van der Waals surface area contributed by atoms with Gasteiger partial charge in [-0.3, -0.25) is 0 Å². The molecule has 0 bridgehead atoms. The summed E-state index contributed by atoms with van der Waals surface area (Å²) in [4.78, 5) is 4.28. The fourth-order valence-corrected chi connectivity index (χ4v) is 1.46. The minimum Gasteiger partial charge on any atom is -0.241 e. The molecule has 1 rings (SSSR count). The molecule has 1 heterocycles. The van der Waals surface area contributed by atoms with E-state index in [-0.39, 0.29) is 0 Å². The third-order valence-electron chi connectivity index (χ3n) is 1.93. The first kappa shape index (κ1) is 9.53. The molecule has 0 unspecified atom stereocenters. The highest BCUT2D eigenvalue weighted by Gasteiger charge is 2.06. The van der Waals surface area contributed by atoms with Crippen LogP contribution in [0, 0.1) is 0 Å². The van der Waals surface area contributed by atoms with E-state index in [1.54, 1.807) is 0 Å². The standard InChI is InChI=1S/C10H14ClN/c1-4-9-8(7(2)3)5-6-10(11)12-9/h5-7H,4H2,1-3H3. The highest BCUT2D eigenvalue weighted by Crippen LogP contribution is 2.20. The third kappa shape index (κ3) is 1.98. The molecule has 1 nitrogen and oxygen atoms in total. The van der Waals surface area contributed by atoms with Crippen LogP contribution in [0.25, 0.3) is 0 Å². The van der Waals surface area contributed by atoms with E-state index in [4.69, 9.17) is 11.6 Å². The molecule has 66 valence electrons. The highest BCUT2D eigenvalue weighted by molar-refractivity contribution is 6.29. The second kappa shape index (κ2) is 3.90. The zero-order chi connectivity index (χ0) is 9.14. The molecule has 12 heavy (non-hydrogen) atoms. The number of aromatic nitrogens is 1. The van der Waals surface area contributed by atoms with Gasteiger partial charge in [0.1, 0.15) is 5.15 Å². The number of aryl methyl sites for hydroxylation is 1. The van der Waals surface area contributed by atoms with Crippen molar-refractivity contribution < 1.29 is 0 Å². The van der Waals surface area contributed by atoms with Crippen molar-refractivity contribution in [2.24, 2.45) is 0 Å². The van der Waals surface area contributed by atoms with Gasteiger partial charge >= 0.3 is 0 Å². The molecule has 0 atom stereocenters. The molecule has 1 aromatic heterocycles. The summed E-state index contributed by atoms with van der Waals surface area (Å²) in [5.74, 6) is 0.532. The van der Waals surface area contributed by atoms with E-state index in [0.29, 0.717) is 11.1 Å². The summed E-state index contributed by atoms with van der Waals surface area (Å²) in [5, 5.41) is 0.594. The van der Waals surface area contributed by atoms with Gasteiger partial charge in [0.2, 0.25) is 0 Å². The van der Waals surface area contributed by atoms with Crippen molar-refractivity contribution in [1.29, 1.82) is 0 Å². The molecule has 2 heteroatoms. The first-order valence-electron chi connectivity index (χ1n) is 4.30. The summed E-state index contributed by atoms with van der Waals surface area (Å²) in [6, 6.07) is 3.93. The molecular formula is C10H14ClN. The molecule has 0 aliphatic carbocycles. The van der Waals surface area contributed by atoms with E-state index in [1.807, 2.05) is 6.07 Å². The quantitative estimate of drug-likeness (QED) is 0.641. The van der Waals surface area contributed by atoms with E-state index >= 15 is 0 Å². The summed E-state index contributed by atoms with van der Waals surface area (Å²) in [7, 11) is 0. The molecule has 0 aliphatic heterocycles. The number of nitrogens with zero attached hydrogens (tertiary/aromatic N) is 1. The number of hydrogen-bond acceptors (Lipinski definition) is 1. The van der Waals surface area contributed by atoms with Crippen LogP contribution in [0.2, 0.25) is 5.15 Å². The Labute approximate surface area is 78.8 Å². The van der Waals surface area contributed by atoms with E-state index in [0.717, 1.165) is 12.1 Å². The summed E-state index contributed by atoms with van der Waals surface area (Å²) in [6.45, 7) is 6.44. The van der Waals surface area contributed by atoms with Crippen molar-refractivity contribution in [3.8, 4) is 0 Å². The van der Waals surface area contributed by atoms with Crippen LogP contribution in [0.15, 0.2) is 12.1 Å². The van der Waals surface area contributed by atoms with Crippen LogP contribution in [0.3, 0.4) is 0 Å². The molecule has 1 aromatic rings. The summed E-state index contributed by atoms with van der Waals surface area (Å²) in [6.07, 6.45) is 0.952. The first-order valence-corrected chi connectivity index (χ1v) is 4.68. The van der Waals surface area contributed by atoms with Crippen LogP contribution < -0.4 is 0 Å². The van der Waals surface area contributed by atoms with Crippen molar-refractivity contribution in [2.75, 3.05) is 0 Å². The van der Waals surface area contributed by atoms with Crippen LogP contribution in [-0.2, 0) is 6.42 Å². The van der Waals surface area contributed by atoms with Gasteiger partial charge in [-0.1, -0.05) is 38.4 Å². The second-order valence-corrected chi connectivity index (χ2v) is 3.57. The molecule has 0 aromatic carbocycles. The van der Waals surface area contributed by atoms with E-state index in [9.17, 15) is 0 Å². The number of rotatable bonds is 2. The fourth-order valence-electron chi connectivity index (χ4n) is 1.29. The van der Waals surface area contributed by atoms with Gasteiger partial charge in [-0.05, 0) is 24.0 Å². The molecule has 0 aliphatic rings. The molecule has 0 radical (unpaired) electrons. The Balaban J connectivity index is 3.11. The maximum absolute atomic E-state index is 5.79. The van der Waals surface area contributed by atoms with Gasteiger partial charge in [-0.15, -0.1) is 0 Å². The van der Waals surface area contributed by atoms with E-state index in [1.165, 1.54) is 5.56 Å². The van der Waals surface area contributed by atoms with Gasteiger partial charge in [0.05, 0.1) is 0 Å². The van der Waals surface area contributed by atoms with Crippen LogP contribution >= 0.6 is 11.6 Å². The first-order chi connectivity index (χ1) is 5.65. The Morgan fingerprint density at radius 3 is 2.58 bits per heavy atom. The van der Waals surface area contributed by atoms with Gasteiger partial charge < -0.3 is 0 Å². The fraction of sp³-hybridized carbons (Fsp3) is 0.500. The lowest BCUT2D eigenvalue weighted by molar-refractivity contribution is 0.824. The lowest BCUT2D eigenvalue weighted by Gasteiger charge is -2.09. The van der Waals surface area contributed by atoms with Crippen molar-refractivity contribution in [1.82, 2.24) is 4.98 Å². The Kier molecular flexibility index (Phi) is 3.10. The minimum absolute atomic E-state index is 0.532. The highest BCUT2D eigenvalue weighted by atomic mass is 35.5. The third-order valence-corrected chi connectivity index (χ3v) is 2.14. The number of pyridine rings is 1. The zero-order valence-electron chi connectivity index (χ0n) is 7.76. The van der Waals surface area contributed by atoms with Crippen LogP contribution in [0.1, 0.15) is 37.9 Å². The molecule has 0 amide bonds. The molecule has 0 spiro atoms. The van der Waals surface area contributed by atoms with Crippen LogP contribution in [0.4, 0.5) is 0 Å². The monoisotopic (exact) mass is 183 g/mol. The maximum atomic E-state index is 5.79. The minimum atomic E-state index is 0.532. The summed E-state index contributed by atoms with van der Waals surface area (Å²) < 4.78 is 0. The Morgan fingerprint density at radius 1 is 1.42 bits per heavy atom. The Bertz CT molecular complexity index is 269. The SMILES string of the molecule is CCc1nc(Cl)ccc1C(C)C. The normalized spacial score (nSPS) is 10.8. The number of halogens is 1. The Hall–Kier alpha value is -0.560. The lowest BCUT2D eigenvalue weighted by atomic mass is 10.0. The predicted molar refractivity (Wildman–Crippen MR) is 52.7 cm³/mol. The second-order valence-electron chi connectivity index (χ2n) is 3.18. The number of hydrogen-bond donors (Lipinski definition) is 0.